The monoisotopic (exact) mass is 193 g/mol. The van der Waals surface area contributed by atoms with Crippen LogP contribution in [0.15, 0.2) is 23.2 Å². The van der Waals surface area contributed by atoms with Crippen molar-refractivity contribution in [3.05, 3.63) is 18.2 Å². The fourth-order valence-corrected chi connectivity index (χ4v) is 1.24. The van der Waals surface area contributed by atoms with Gasteiger partial charge in [0.15, 0.2) is 6.61 Å². The summed E-state index contributed by atoms with van der Waals surface area (Å²) in [5.74, 6) is 2.09. The number of methoxy groups -OCH3 is 2. The molecule has 74 valence electrons. The number of benzene rings is 1. The van der Waals surface area contributed by atoms with Crippen molar-refractivity contribution in [3.8, 4) is 11.5 Å². The number of nitrogens with zero attached hydrogens (tertiary/aromatic N) is 1. The minimum atomic E-state index is 0.385. The molecule has 2 rings (SSSR count). The highest BCUT2D eigenvalue weighted by molar-refractivity contribution is 5.83. The predicted octanol–water partition coefficient (Wildman–Crippen LogP) is 1.76. The van der Waals surface area contributed by atoms with Crippen molar-refractivity contribution < 1.29 is 14.2 Å². The van der Waals surface area contributed by atoms with Gasteiger partial charge in [0.2, 0.25) is 5.90 Å². The molecule has 1 aliphatic heterocycles. The summed E-state index contributed by atoms with van der Waals surface area (Å²) in [6, 6.07) is 5.49. The standard InChI is InChI=1S/C10H11NO3/c1-12-7-3-4-9-8(5-7)11-10(13-2)6-14-9/h3-5H,6H2,1-2H3. The molecule has 4 heteroatoms. The predicted molar refractivity (Wildman–Crippen MR) is 52.6 cm³/mol. The van der Waals surface area contributed by atoms with Crippen LogP contribution in [0.3, 0.4) is 0 Å². The van der Waals surface area contributed by atoms with E-state index in [4.69, 9.17) is 14.2 Å². The van der Waals surface area contributed by atoms with Gasteiger partial charge in [-0.1, -0.05) is 0 Å². The van der Waals surface area contributed by atoms with Crippen LogP contribution in [-0.4, -0.2) is 26.7 Å². The molecule has 0 radical (unpaired) electrons. The van der Waals surface area contributed by atoms with Crippen molar-refractivity contribution in [2.24, 2.45) is 4.99 Å². The van der Waals surface area contributed by atoms with Crippen LogP contribution in [-0.2, 0) is 4.74 Å². The van der Waals surface area contributed by atoms with Crippen molar-refractivity contribution in [1.29, 1.82) is 0 Å². The summed E-state index contributed by atoms with van der Waals surface area (Å²) in [6.07, 6.45) is 0. The van der Waals surface area contributed by atoms with Gasteiger partial charge in [0, 0.05) is 6.07 Å². The second-order valence-electron chi connectivity index (χ2n) is 2.83. The fraction of sp³-hybridized carbons (Fsp3) is 0.300. The maximum atomic E-state index is 5.42. The molecule has 0 fully saturated rings. The number of rotatable bonds is 1. The first-order valence-corrected chi connectivity index (χ1v) is 4.26. The molecule has 0 saturated carbocycles. The Morgan fingerprint density at radius 3 is 2.86 bits per heavy atom. The summed E-state index contributed by atoms with van der Waals surface area (Å²) in [6.45, 7) is 0.385. The molecule has 0 spiro atoms. The molecule has 0 aliphatic carbocycles. The third-order valence-corrected chi connectivity index (χ3v) is 2.00. The fourth-order valence-electron chi connectivity index (χ4n) is 1.24. The average molecular weight is 193 g/mol. The second-order valence-corrected chi connectivity index (χ2v) is 2.83. The number of ether oxygens (including phenoxy) is 3. The zero-order chi connectivity index (χ0) is 9.97. The molecular formula is C10H11NO3. The van der Waals surface area contributed by atoms with E-state index in [1.54, 1.807) is 14.2 Å². The zero-order valence-electron chi connectivity index (χ0n) is 8.11. The van der Waals surface area contributed by atoms with Gasteiger partial charge in [-0.25, -0.2) is 4.99 Å². The van der Waals surface area contributed by atoms with E-state index in [0.29, 0.717) is 12.5 Å². The summed E-state index contributed by atoms with van der Waals surface area (Å²) in [7, 11) is 3.19. The van der Waals surface area contributed by atoms with Gasteiger partial charge in [-0.15, -0.1) is 0 Å². The van der Waals surface area contributed by atoms with E-state index in [2.05, 4.69) is 4.99 Å². The second kappa shape index (κ2) is 3.57. The molecular weight excluding hydrogens is 182 g/mol. The Labute approximate surface area is 82.1 Å². The third kappa shape index (κ3) is 1.51. The van der Waals surface area contributed by atoms with Gasteiger partial charge in [-0.3, -0.25) is 0 Å². The lowest BCUT2D eigenvalue weighted by Gasteiger charge is -2.16. The van der Waals surface area contributed by atoms with Crippen molar-refractivity contribution in [2.75, 3.05) is 20.8 Å². The summed E-state index contributed by atoms with van der Waals surface area (Å²) in [4.78, 5) is 4.26. The van der Waals surface area contributed by atoms with E-state index in [1.807, 2.05) is 18.2 Å². The highest BCUT2D eigenvalue weighted by atomic mass is 16.5. The maximum Gasteiger partial charge on any atom is 0.227 e. The van der Waals surface area contributed by atoms with Crippen LogP contribution in [0.25, 0.3) is 0 Å². The van der Waals surface area contributed by atoms with Gasteiger partial charge in [0.25, 0.3) is 0 Å². The zero-order valence-corrected chi connectivity index (χ0v) is 8.11. The Kier molecular flexibility index (Phi) is 2.26. The molecule has 1 aliphatic rings. The lowest BCUT2D eigenvalue weighted by Crippen LogP contribution is -2.16. The molecule has 0 saturated heterocycles. The van der Waals surface area contributed by atoms with E-state index >= 15 is 0 Å². The number of aliphatic imine (C=N–C) groups is 1. The third-order valence-electron chi connectivity index (χ3n) is 2.00. The largest absolute Gasteiger partial charge is 0.497 e. The molecule has 1 heterocycles. The molecule has 1 aromatic rings. The van der Waals surface area contributed by atoms with Crippen molar-refractivity contribution in [2.45, 2.75) is 0 Å². The molecule has 0 amide bonds. The van der Waals surface area contributed by atoms with Crippen LogP contribution in [0.2, 0.25) is 0 Å². The maximum absolute atomic E-state index is 5.42. The topological polar surface area (TPSA) is 40.0 Å². The molecule has 4 nitrogen and oxygen atoms in total. The van der Waals surface area contributed by atoms with Gasteiger partial charge in [0.1, 0.15) is 17.2 Å². The lowest BCUT2D eigenvalue weighted by molar-refractivity contribution is 0.305. The van der Waals surface area contributed by atoms with Gasteiger partial charge >= 0.3 is 0 Å². The van der Waals surface area contributed by atoms with Crippen molar-refractivity contribution in [3.63, 3.8) is 0 Å². The van der Waals surface area contributed by atoms with E-state index in [9.17, 15) is 0 Å². The summed E-state index contributed by atoms with van der Waals surface area (Å²) < 4.78 is 15.5. The van der Waals surface area contributed by atoms with Gasteiger partial charge in [-0.2, -0.15) is 0 Å². The Morgan fingerprint density at radius 2 is 2.14 bits per heavy atom. The summed E-state index contributed by atoms with van der Waals surface area (Å²) >= 11 is 0. The quantitative estimate of drug-likeness (QED) is 0.682. The summed E-state index contributed by atoms with van der Waals surface area (Å²) in [5, 5.41) is 0. The van der Waals surface area contributed by atoms with Gasteiger partial charge in [0.05, 0.1) is 14.2 Å². The first-order valence-electron chi connectivity index (χ1n) is 4.26. The highest BCUT2D eigenvalue weighted by Gasteiger charge is 2.13. The highest BCUT2D eigenvalue weighted by Crippen LogP contribution is 2.33. The molecule has 0 bridgehead atoms. The minimum Gasteiger partial charge on any atom is -0.497 e. The number of hydrogen-bond acceptors (Lipinski definition) is 4. The normalized spacial score (nSPS) is 13.7. The Balaban J connectivity index is 2.39. The van der Waals surface area contributed by atoms with Crippen LogP contribution < -0.4 is 9.47 Å². The lowest BCUT2D eigenvalue weighted by atomic mass is 10.2. The molecule has 0 unspecified atom stereocenters. The first kappa shape index (κ1) is 8.87. The molecule has 0 atom stereocenters. The van der Waals surface area contributed by atoms with Crippen molar-refractivity contribution >= 4 is 11.6 Å². The van der Waals surface area contributed by atoms with Crippen LogP contribution >= 0.6 is 0 Å². The van der Waals surface area contributed by atoms with E-state index in [0.717, 1.165) is 17.2 Å². The Hall–Kier alpha value is -1.71. The number of fused-ring (bicyclic) bond motifs is 1. The van der Waals surface area contributed by atoms with E-state index < -0.39 is 0 Å². The molecule has 14 heavy (non-hydrogen) atoms. The average Bonchev–Trinajstić information content (AvgIpc) is 2.27. The van der Waals surface area contributed by atoms with Crippen LogP contribution in [0.1, 0.15) is 0 Å². The summed E-state index contributed by atoms with van der Waals surface area (Å²) in [5.41, 5.74) is 0.743. The molecule has 0 aromatic heterocycles. The minimum absolute atomic E-state index is 0.385. The first-order chi connectivity index (χ1) is 6.83. The van der Waals surface area contributed by atoms with Crippen LogP contribution in [0.4, 0.5) is 5.69 Å². The Bertz CT molecular complexity index is 374. The van der Waals surface area contributed by atoms with Crippen molar-refractivity contribution in [1.82, 2.24) is 0 Å². The Morgan fingerprint density at radius 1 is 1.29 bits per heavy atom. The molecule has 0 N–H and O–H groups in total. The number of hydrogen-bond donors (Lipinski definition) is 0. The van der Waals surface area contributed by atoms with Gasteiger partial charge in [-0.05, 0) is 12.1 Å². The molecule has 1 aromatic carbocycles. The van der Waals surface area contributed by atoms with E-state index in [1.165, 1.54) is 0 Å². The van der Waals surface area contributed by atoms with E-state index in [-0.39, 0.29) is 0 Å². The SMILES string of the molecule is COC1=Nc2cc(OC)ccc2OC1. The van der Waals surface area contributed by atoms with Gasteiger partial charge < -0.3 is 14.2 Å². The van der Waals surface area contributed by atoms with Crippen LogP contribution in [0.5, 0.6) is 11.5 Å². The smallest absolute Gasteiger partial charge is 0.227 e. The van der Waals surface area contributed by atoms with Crippen LogP contribution in [0, 0.1) is 0 Å².